The minimum atomic E-state index is -0.306. The third kappa shape index (κ3) is 5.09. The van der Waals surface area contributed by atoms with Crippen molar-refractivity contribution >= 4 is 34.0 Å². The van der Waals surface area contributed by atoms with Crippen molar-refractivity contribution in [2.24, 2.45) is 0 Å². The molecule has 1 heterocycles. The first-order chi connectivity index (χ1) is 13.8. The van der Waals surface area contributed by atoms with Gasteiger partial charge in [-0.25, -0.2) is 4.98 Å². The second kappa shape index (κ2) is 9.01. The number of carbonyl (C=O) groups excluding carboxylic acids is 2. The second-order valence-electron chi connectivity index (χ2n) is 7.05. The van der Waals surface area contributed by atoms with Crippen molar-refractivity contribution < 1.29 is 14.3 Å². The van der Waals surface area contributed by atoms with Gasteiger partial charge in [0.15, 0.2) is 5.13 Å². The Balaban J connectivity index is 1.73. The molecule has 150 valence electrons. The van der Waals surface area contributed by atoms with Gasteiger partial charge in [0.1, 0.15) is 6.61 Å². The Hall–Kier alpha value is -2.99. The molecule has 0 saturated carbocycles. The van der Waals surface area contributed by atoms with E-state index in [1.54, 1.807) is 4.90 Å². The van der Waals surface area contributed by atoms with Crippen LogP contribution in [0.1, 0.15) is 34.9 Å². The monoisotopic (exact) mass is 408 g/mol. The van der Waals surface area contributed by atoms with Gasteiger partial charge in [0, 0.05) is 12.3 Å². The molecule has 0 bridgehead atoms. The van der Waals surface area contributed by atoms with Crippen molar-refractivity contribution in [3.8, 4) is 0 Å². The van der Waals surface area contributed by atoms with Crippen LogP contribution in [0.25, 0.3) is 0 Å². The summed E-state index contributed by atoms with van der Waals surface area (Å²) in [5.41, 5.74) is 5.57. The lowest BCUT2D eigenvalue weighted by Gasteiger charge is -2.23. The highest BCUT2D eigenvalue weighted by molar-refractivity contribution is 7.14. The average Bonchev–Trinajstić information content (AvgIpc) is 3.11. The summed E-state index contributed by atoms with van der Waals surface area (Å²) in [6.45, 7) is 7.63. The van der Waals surface area contributed by atoms with Gasteiger partial charge in [-0.1, -0.05) is 48.0 Å². The van der Waals surface area contributed by atoms with E-state index in [-0.39, 0.29) is 24.9 Å². The summed E-state index contributed by atoms with van der Waals surface area (Å²) in [5.74, 6) is -0.415. The fraction of sp³-hybridized carbons (Fsp3) is 0.261. The maximum atomic E-state index is 12.4. The molecule has 2 aromatic carbocycles. The summed E-state index contributed by atoms with van der Waals surface area (Å²) >= 11 is 1.36. The van der Waals surface area contributed by atoms with Crippen molar-refractivity contribution in [3.05, 3.63) is 75.8 Å². The van der Waals surface area contributed by atoms with E-state index >= 15 is 0 Å². The number of rotatable bonds is 6. The normalized spacial score (nSPS) is 10.6. The molecule has 0 aliphatic carbocycles. The Bertz CT molecular complexity index is 1000. The number of thiazole rings is 1. The highest BCUT2D eigenvalue weighted by Crippen LogP contribution is 2.34. The second-order valence-corrected chi connectivity index (χ2v) is 7.88. The smallest absolute Gasteiger partial charge is 0.310 e. The predicted octanol–water partition coefficient (Wildman–Crippen LogP) is 5.04. The molecule has 3 rings (SSSR count). The van der Waals surface area contributed by atoms with Crippen LogP contribution in [0.2, 0.25) is 0 Å². The molecule has 0 saturated heterocycles. The number of anilines is 2. The number of nitrogens with zero attached hydrogens (tertiary/aromatic N) is 2. The van der Waals surface area contributed by atoms with Gasteiger partial charge in [0.25, 0.3) is 0 Å². The van der Waals surface area contributed by atoms with Gasteiger partial charge < -0.3 is 4.74 Å². The van der Waals surface area contributed by atoms with Crippen molar-refractivity contribution in [3.63, 3.8) is 0 Å². The lowest BCUT2D eigenvalue weighted by Crippen LogP contribution is -2.24. The topological polar surface area (TPSA) is 59.5 Å². The molecule has 6 heteroatoms. The largest absolute Gasteiger partial charge is 0.459 e. The predicted molar refractivity (Wildman–Crippen MR) is 116 cm³/mol. The quantitative estimate of drug-likeness (QED) is 0.536. The fourth-order valence-electron chi connectivity index (χ4n) is 3.35. The zero-order valence-electron chi connectivity index (χ0n) is 17.1. The number of carbonyl (C=O) groups is 2. The number of aromatic nitrogens is 1. The molecule has 0 aliphatic heterocycles. The van der Waals surface area contributed by atoms with Crippen molar-refractivity contribution in [2.45, 2.75) is 40.7 Å². The number of esters is 1. The van der Waals surface area contributed by atoms with Gasteiger partial charge in [0.05, 0.1) is 17.8 Å². The zero-order valence-corrected chi connectivity index (χ0v) is 17.9. The number of hydrogen-bond donors (Lipinski definition) is 0. The number of benzene rings is 2. The lowest BCUT2D eigenvalue weighted by molar-refractivity contribution is -0.144. The number of hydrogen-bond acceptors (Lipinski definition) is 5. The molecule has 3 aromatic rings. The minimum Gasteiger partial charge on any atom is -0.459 e. The Morgan fingerprint density at radius 2 is 1.72 bits per heavy atom. The van der Waals surface area contributed by atoms with E-state index in [2.05, 4.69) is 17.1 Å². The van der Waals surface area contributed by atoms with Crippen LogP contribution in [0.4, 0.5) is 10.8 Å². The Kier molecular flexibility index (Phi) is 6.44. The first-order valence-electron chi connectivity index (χ1n) is 9.37. The van der Waals surface area contributed by atoms with Crippen LogP contribution in [0.15, 0.2) is 47.8 Å². The van der Waals surface area contributed by atoms with Crippen LogP contribution in [-0.2, 0) is 27.4 Å². The molecule has 0 unspecified atom stereocenters. The van der Waals surface area contributed by atoms with Crippen LogP contribution >= 0.6 is 11.3 Å². The van der Waals surface area contributed by atoms with E-state index < -0.39 is 0 Å². The third-order valence-electron chi connectivity index (χ3n) is 4.48. The van der Waals surface area contributed by atoms with E-state index in [0.29, 0.717) is 10.8 Å². The molecular formula is C23H24N2O3S. The third-order valence-corrected chi connectivity index (χ3v) is 5.35. The molecule has 0 fully saturated rings. The highest BCUT2D eigenvalue weighted by atomic mass is 32.1. The van der Waals surface area contributed by atoms with E-state index in [9.17, 15) is 9.59 Å². The van der Waals surface area contributed by atoms with E-state index in [0.717, 1.165) is 27.9 Å². The van der Waals surface area contributed by atoms with E-state index in [1.807, 2.05) is 56.5 Å². The standard InChI is InChI=1S/C23H24N2O3S/c1-15-10-16(2)22(17(3)11-15)25(18(4)26)23-24-20(14-29-23)13-28-21(27)12-19-8-6-5-7-9-19/h5-11,14H,12-13H2,1-4H3. The molecule has 0 N–H and O–H groups in total. The molecule has 1 amide bonds. The zero-order chi connectivity index (χ0) is 21.0. The van der Waals surface area contributed by atoms with Crippen molar-refractivity contribution in [1.82, 2.24) is 4.98 Å². The molecule has 1 aromatic heterocycles. The van der Waals surface area contributed by atoms with Crippen LogP contribution in [0.5, 0.6) is 0 Å². The Morgan fingerprint density at radius 1 is 1.07 bits per heavy atom. The van der Waals surface area contributed by atoms with Gasteiger partial charge in [-0.2, -0.15) is 0 Å². The van der Waals surface area contributed by atoms with Crippen LogP contribution in [0, 0.1) is 20.8 Å². The summed E-state index contributed by atoms with van der Waals surface area (Å²) in [6, 6.07) is 13.6. The molecule has 0 radical (unpaired) electrons. The van der Waals surface area contributed by atoms with E-state index in [1.165, 1.54) is 18.3 Å². The van der Waals surface area contributed by atoms with Crippen LogP contribution in [-0.4, -0.2) is 16.9 Å². The first-order valence-corrected chi connectivity index (χ1v) is 10.3. The highest BCUT2D eigenvalue weighted by Gasteiger charge is 2.22. The molecular weight excluding hydrogens is 384 g/mol. The lowest BCUT2D eigenvalue weighted by atomic mass is 10.0. The molecule has 29 heavy (non-hydrogen) atoms. The molecule has 0 atom stereocenters. The van der Waals surface area contributed by atoms with Crippen LogP contribution < -0.4 is 4.90 Å². The van der Waals surface area contributed by atoms with Crippen LogP contribution in [0.3, 0.4) is 0 Å². The molecule has 0 aliphatic rings. The van der Waals surface area contributed by atoms with Gasteiger partial charge >= 0.3 is 5.97 Å². The first kappa shape index (κ1) is 20.7. The average molecular weight is 409 g/mol. The number of amides is 1. The summed E-state index contributed by atoms with van der Waals surface area (Å²) in [5, 5.41) is 2.39. The number of ether oxygens (including phenoxy) is 1. The summed E-state index contributed by atoms with van der Waals surface area (Å²) in [4.78, 5) is 30.7. The van der Waals surface area contributed by atoms with Gasteiger partial charge in [-0.15, -0.1) is 11.3 Å². The number of aryl methyl sites for hydroxylation is 3. The molecule has 0 spiro atoms. The van der Waals surface area contributed by atoms with Gasteiger partial charge in [-0.05, 0) is 37.5 Å². The van der Waals surface area contributed by atoms with Gasteiger partial charge in [-0.3, -0.25) is 14.5 Å². The summed E-state index contributed by atoms with van der Waals surface area (Å²) < 4.78 is 5.36. The Morgan fingerprint density at radius 3 is 2.34 bits per heavy atom. The van der Waals surface area contributed by atoms with E-state index in [4.69, 9.17) is 4.74 Å². The molecule has 5 nitrogen and oxygen atoms in total. The summed E-state index contributed by atoms with van der Waals surface area (Å²) in [7, 11) is 0. The minimum absolute atomic E-state index is 0.0831. The fourth-order valence-corrected chi connectivity index (χ4v) is 4.20. The summed E-state index contributed by atoms with van der Waals surface area (Å²) in [6.07, 6.45) is 0.221. The van der Waals surface area contributed by atoms with Crippen molar-refractivity contribution in [2.75, 3.05) is 4.90 Å². The SMILES string of the molecule is CC(=O)N(c1nc(COC(=O)Cc2ccccc2)cs1)c1c(C)cc(C)cc1C. The van der Waals surface area contributed by atoms with Gasteiger partial charge in [0.2, 0.25) is 5.91 Å². The maximum absolute atomic E-state index is 12.4. The maximum Gasteiger partial charge on any atom is 0.310 e. The Labute approximate surface area is 175 Å². The van der Waals surface area contributed by atoms with Crippen molar-refractivity contribution in [1.29, 1.82) is 0 Å².